The van der Waals surface area contributed by atoms with Crippen LogP contribution in [0.25, 0.3) is 22.4 Å². The Balaban J connectivity index is 1.39. The van der Waals surface area contributed by atoms with Crippen molar-refractivity contribution in [2.45, 2.75) is 69.7 Å². The lowest BCUT2D eigenvalue weighted by molar-refractivity contribution is 0.0904. The van der Waals surface area contributed by atoms with E-state index in [1.807, 2.05) is 30.5 Å². The molecule has 0 spiro atoms. The summed E-state index contributed by atoms with van der Waals surface area (Å²) >= 11 is 0. The zero-order valence-corrected chi connectivity index (χ0v) is 19.1. The van der Waals surface area contributed by atoms with Gasteiger partial charge in [0.25, 0.3) is 0 Å². The fourth-order valence-electron chi connectivity index (χ4n) is 5.13. The van der Waals surface area contributed by atoms with Gasteiger partial charge in [-0.05, 0) is 44.2 Å². The summed E-state index contributed by atoms with van der Waals surface area (Å²) in [7, 11) is 0. The van der Waals surface area contributed by atoms with Gasteiger partial charge < -0.3 is 19.5 Å². The second kappa shape index (κ2) is 8.57. The van der Waals surface area contributed by atoms with Crippen LogP contribution in [0.15, 0.2) is 30.5 Å². The molecular formula is C25H31N5O3. The number of aliphatic hydroxyl groups excluding tert-OH is 1. The Morgan fingerprint density at radius 1 is 1.12 bits per heavy atom. The van der Waals surface area contributed by atoms with Gasteiger partial charge in [-0.3, -0.25) is 0 Å². The molecule has 1 unspecified atom stereocenters. The monoisotopic (exact) mass is 449 g/mol. The van der Waals surface area contributed by atoms with Crippen LogP contribution in [0, 0.1) is 0 Å². The van der Waals surface area contributed by atoms with E-state index in [2.05, 4.69) is 16.5 Å². The standard InChI is InChI=1S/C25H31N5O3/c1-2-4-20(31)15-33-21-6-3-5-16(11-21)23-27-24(29-18-9-10-19(29)14-32-13-18)22-12-26-30(17-7-8-17)25(22)28-23/h3,5-6,11-12,17-20,31H,2,4,7-10,13-15H2,1H3/t18-,19+,20?. The molecule has 0 amide bonds. The normalized spacial score (nSPS) is 23.3. The van der Waals surface area contributed by atoms with Crippen LogP contribution in [-0.2, 0) is 4.74 Å². The number of benzene rings is 1. The molecule has 1 N–H and O–H groups in total. The largest absolute Gasteiger partial charge is 0.491 e. The number of rotatable bonds is 8. The molecule has 3 atom stereocenters. The van der Waals surface area contributed by atoms with Crippen molar-refractivity contribution in [1.29, 1.82) is 0 Å². The minimum absolute atomic E-state index is 0.286. The van der Waals surface area contributed by atoms with Crippen LogP contribution in [0.2, 0.25) is 0 Å². The highest BCUT2D eigenvalue weighted by Crippen LogP contribution is 2.41. The fraction of sp³-hybridized carbons (Fsp3) is 0.560. The van der Waals surface area contributed by atoms with Gasteiger partial charge in [-0.1, -0.05) is 25.5 Å². The first-order valence-electron chi connectivity index (χ1n) is 12.2. The van der Waals surface area contributed by atoms with E-state index in [0.717, 1.165) is 79.9 Å². The van der Waals surface area contributed by atoms with Crippen molar-refractivity contribution in [2.75, 3.05) is 24.7 Å². The molecule has 8 heteroatoms. The predicted octanol–water partition coefficient (Wildman–Crippen LogP) is 3.74. The smallest absolute Gasteiger partial charge is 0.164 e. The van der Waals surface area contributed by atoms with Gasteiger partial charge in [0.05, 0.1) is 49.0 Å². The molecule has 4 heterocycles. The highest BCUT2D eigenvalue weighted by atomic mass is 16.5. The summed E-state index contributed by atoms with van der Waals surface area (Å²) in [5.41, 5.74) is 1.82. The summed E-state index contributed by atoms with van der Waals surface area (Å²) in [6.07, 6.45) is 7.71. The van der Waals surface area contributed by atoms with Crippen LogP contribution >= 0.6 is 0 Å². The van der Waals surface area contributed by atoms with E-state index in [0.29, 0.717) is 23.9 Å². The number of ether oxygens (including phenoxy) is 2. The Labute approximate surface area is 193 Å². The molecular weight excluding hydrogens is 418 g/mol. The summed E-state index contributed by atoms with van der Waals surface area (Å²) < 4.78 is 13.8. The Morgan fingerprint density at radius 3 is 2.67 bits per heavy atom. The zero-order valence-electron chi connectivity index (χ0n) is 19.1. The van der Waals surface area contributed by atoms with Crippen molar-refractivity contribution in [3.05, 3.63) is 30.5 Å². The van der Waals surface area contributed by atoms with Gasteiger partial charge in [0.1, 0.15) is 18.2 Å². The maximum atomic E-state index is 10.0. The second-order valence-electron chi connectivity index (χ2n) is 9.54. The van der Waals surface area contributed by atoms with Gasteiger partial charge >= 0.3 is 0 Å². The number of aliphatic hydroxyl groups is 1. The minimum atomic E-state index is -0.456. The van der Waals surface area contributed by atoms with Gasteiger partial charge in [0.15, 0.2) is 11.5 Å². The molecule has 6 rings (SSSR count). The first-order chi connectivity index (χ1) is 16.2. The molecule has 0 radical (unpaired) electrons. The predicted molar refractivity (Wildman–Crippen MR) is 126 cm³/mol. The molecule has 3 aromatic rings. The van der Waals surface area contributed by atoms with Crippen molar-refractivity contribution in [1.82, 2.24) is 19.7 Å². The van der Waals surface area contributed by atoms with Crippen molar-refractivity contribution in [3.8, 4) is 17.1 Å². The van der Waals surface area contributed by atoms with Crippen molar-refractivity contribution < 1.29 is 14.6 Å². The van der Waals surface area contributed by atoms with E-state index in [4.69, 9.17) is 24.5 Å². The molecule has 33 heavy (non-hydrogen) atoms. The quantitative estimate of drug-likeness (QED) is 0.561. The van der Waals surface area contributed by atoms with Crippen LogP contribution < -0.4 is 9.64 Å². The van der Waals surface area contributed by atoms with Gasteiger partial charge in [0.2, 0.25) is 0 Å². The van der Waals surface area contributed by atoms with Crippen molar-refractivity contribution >= 4 is 16.9 Å². The summed E-state index contributed by atoms with van der Waals surface area (Å²) in [6.45, 7) is 3.84. The molecule has 3 fully saturated rings. The van der Waals surface area contributed by atoms with Gasteiger partial charge in [-0.2, -0.15) is 5.10 Å². The molecule has 1 saturated carbocycles. The Kier molecular flexibility index (Phi) is 5.42. The van der Waals surface area contributed by atoms with E-state index < -0.39 is 6.10 Å². The molecule has 2 aromatic heterocycles. The number of morpholine rings is 1. The average molecular weight is 450 g/mol. The fourth-order valence-corrected chi connectivity index (χ4v) is 5.13. The molecule has 174 valence electrons. The summed E-state index contributed by atoms with van der Waals surface area (Å²) in [6, 6.07) is 9.01. The lowest BCUT2D eigenvalue weighted by atomic mass is 10.2. The number of hydrogen-bond acceptors (Lipinski definition) is 7. The van der Waals surface area contributed by atoms with Gasteiger partial charge in [-0.15, -0.1) is 0 Å². The SMILES string of the molecule is CCCC(O)COc1cccc(-c2nc(N3[C@@H]4CC[C@H]3COC4)c3cnn(C4CC4)c3n2)c1. The molecule has 1 aliphatic carbocycles. The number of fused-ring (bicyclic) bond motifs is 3. The Hall–Kier alpha value is -2.71. The van der Waals surface area contributed by atoms with Gasteiger partial charge in [-0.25, -0.2) is 14.6 Å². The number of nitrogens with zero attached hydrogens (tertiary/aromatic N) is 5. The molecule has 3 aliphatic rings. The summed E-state index contributed by atoms with van der Waals surface area (Å²) in [5.74, 6) is 2.38. The topological polar surface area (TPSA) is 85.5 Å². The average Bonchev–Trinajstić information content (AvgIpc) is 3.54. The zero-order chi connectivity index (χ0) is 22.4. The van der Waals surface area contributed by atoms with Gasteiger partial charge in [0, 0.05) is 5.56 Å². The Morgan fingerprint density at radius 2 is 1.91 bits per heavy atom. The summed E-state index contributed by atoms with van der Waals surface area (Å²) in [5, 5.41) is 15.8. The van der Waals surface area contributed by atoms with Crippen molar-refractivity contribution in [3.63, 3.8) is 0 Å². The second-order valence-corrected chi connectivity index (χ2v) is 9.54. The lowest BCUT2D eigenvalue weighted by Crippen LogP contribution is -2.46. The first kappa shape index (κ1) is 20.9. The highest BCUT2D eigenvalue weighted by molar-refractivity contribution is 5.89. The van der Waals surface area contributed by atoms with E-state index in [1.54, 1.807) is 0 Å². The third-order valence-electron chi connectivity index (χ3n) is 6.97. The van der Waals surface area contributed by atoms with E-state index in [-0.39, 0.29) is 6.61 Å². The third kappa shape index (κ3) is 3.95. The van der Waals surface area contributed by atoms with Crippen LogP contribution in [0.5, 0.6) is 5.75 Å². The van der Waals surface area contributed by atoms with E-state index in [9.17, 15) is 5.11 Å². The third-order valence-corrected chi connectivity index (χ3v) is 6.97. The minimum Gasteiger partial charge on any atom is -0.491 e. The Bertz CT molecular complexity index is 1130. The molecule has 2 bridgehead atoms. The highest BCUT2D eigenvalue weighted by Gasteiger charge is 2.40. The first-order valence-corrected chi connectivity index (χ1v) is 12.2. The van der Waals surface area contributed by atoms with E-state index in [1.165, 1.54) is 0 Å². The lowest BCUT2D eigenvalue weighted by Gasteiger charge is -2.36. The maximum absolute atomic E-state index is 10.0. The van der Waals surface area contributed by atoms with Crippen LogP contribution in [-0.4, -0.2) is 62.9 Å². The van der Waals surface area contributed by atoms with Crippen LogP contribution in [0.4, 0.5) is 5.82 Å². The molecule has 1 aromatic carbocycles. The number of anilines is 1. The molecule has 8 nitrogen and oxygen atoms in total. The van der Waals surface area contributed by atoms with E-state index >= 15 is 0 Å². The number of hydrogen-bond donors (Lipinski definition) is 1. The molecule has 2 aliphatic heterocycles. The van der Waals surface area contributed by atoms with Crippen LogP contribution in [0.3, 0.4) is 0 Å². The van der Waals surface area contributed by atoms with Crippen molar-refractivity contribution in [2.24, 2.45) is 0 Å². The molecule has 2 saturated heterocycles. The number of aromatic nitrogens is 4. The van der Waals surface area contributed by atoms with Crippen LogP contribution in [0.1, 0.15) is 51.5 Å². The maximum Gasteiger partial charge on any atom is 0.164 e. The summed E-state index contributed by atoms with van der Waals surface area (Å²) in [4.78, 5) is 12.5.